The van der Waals surface area contributed by atoms with Crippen LogP contribution in [-0.4, -0.2) is 19.5 Å². The van der Waals surface area contributed by atoms with Crippen LogP contribution in [0.4, 0.5) is 0 Å². The van der Waals surface area contributed by atoms with Gasteiger partial charge in [-0.05, 0) is 88.4 Å². The van der Waals surface area contributed by atoms with Crippen molar-refractivity contribution in [3.8, 4) is 39.9 Å². The van der Waals surface area contributed by atoms with Crippen molar-refractivity contribution >= 4 is 21.8 Å². The number of aromatic nitrogens is 4. The number of hydrogen-bond acceptors (Lipinski definition) is 3. The zero-order chi connectivity index (χ0) is 41.9. The molecule has 0 aliphatic heterocycles. The van der Waals surface area contributed by atoms with Crippen LogP contribution in [0, 0.1) is 0 Å². The number of rotatable bonds is 15. The molecule has 0 atom stereocenters. The van der Waals surface area contributed by atoms with Crippen LogP contribution < -0.4 is 0 Å². The molecule has 10 rings (SSSR count). The Bertz CT molecular complexity index is 2850. The second-order valence-corrected chi connectivity index (χ2v) is 17.1. The smallest absolute Gasteiger partial charge is 0.238 e. The number of benzene rings is 7. The molecule has 7 aromatic carbocycles. The van der Waals surface area contributed by atoms with E-state index < -0.39 is 5.41 Å². The summed E-state index contributed by atoms with van der Waals surface area (Å²) < 4.78 is 2.28. The molecule has 0 saturated heterocycles. The lowest BCUT2D eigenvalue weighted by Crippen LogP contribution is -2.28. The highest BCUT2D eigenvalue weighted by atomic mass is 15.2. The van der Waals surface area contributed by atoms with Gasteiger partial charge < -0.3 is 0 Å². The largest absolute Gasteiger partial charge is 0.278 e. The Kier molecular flexibility index (Phi) is 11.1. The Balaban J connectivity index is 1.22. The molecule has 2 aromatic heterocycles. The fourth-order valence-corrected chi connectivity index (χ4v) is 9.99. The summed E-state index contributed by atoms with van der Waals surface area (Å²) in [6, 6.07) is 62.5. The molecule has 0 radical (unpaired) electrons. The zero-order valence-corrected chi connectivity index (χ0v) is 36.0. The van der Waals surface area contributed by atoms with E-state index in [1.807, 2.05) is 36.4 Å². The first-order valence-electron chi connectivity index (χ1n) is 22.9. The molecule has 0 saturated carbocycles. The summed E-state index contributed by atoms with van der Waals surface area (Å²) in [7, 11) is 0. The van der Waals surface area contributed by atoms with E-state index in [1.165, 1.54) is 107 Å². The van der Waals surface area contributed by atoms with Gasteiger partial charge in [-0.1, -0.05) is 204 Å². The van der Waals surface area contributed by atoms with Crippen molar-refractivity contribution in [1.29, 1.82) is 0 Å². The summed E-state index contributed by atoms with van der Waals surface area (Å²) in [5.74, 6) is 1.89. The van der Waals surface area contributed by atoms with Gasteiger partial charge in [0.15, 0.2) is 11.6 Å². The topological polar surface area (TPSA) is 43.6 Å². The van der Waals surface area contributed by atoms with E-state index in [2.05, 4.69) is 152 Å². The molecule has 0 amide bonds. The van der Waals surface area contributed by atoms with Crippen molar-refractivity contribution in [3.05, 3.63) is 203 Å². The quantitative estimate of drug-likeness (QED) is 0.0969. The molecular weight excluding hydrogens is 753 g/mol. The molecule has 2 heterocycles. The van der Waals surface area contributed by atoms with Gasteiger partial charge in [0.1, 0.15) is 0 Å². The minimum atomic E-state index is -0.549. The van der Waals surface area contributed by atoms with E-state index in [0.717, 1.165) is 35.0 Å². The van der Waals surface area contributed by atoms with Gasteiger partial charge in [0, 0.05) is 21.9 Å². The third kappa shape index (κ3) is 7.11. The summed E-state index contributed by atoms with van der Waals surface area (Å²) in [6.45, 7) is 4.57. The molecule has 0 unspecified atom stereocenters. The highest BCUT2D eigenvalue weighted by Gasteiger charge is 2.46. The first kappa shape index (κ1) is 39.5. The number of fused-ring (bicyclic) bond motifs is 6. The first-order chi connectivity index (χ1) is 30.7. The van der Waals surface area contributed by atoms with E-state index in [-0.39, 0.29) is 0 Å². The van der Waals surface area contributed by atoms with Crippen LogP contribution in [0.3, 0.4) is 0 Å². The van der Waals surface area contributed by atoms with E-state index >= 15 is 0 Å². The zero-order valence-electron chi connectivity index (χ0n) is 36.0. The maximum absolute atomic E-state index is 5.29. The molecule has 0 bridgehead atoms. The highest BCUT2D eigenvalue weighted by molar-refractivity contribution is 6.11. The Morgan fingerprint density at radius 3 is 1.53 bits per heavy atom. The molecule has 306 valence electrons. The van der Waals surface area contributed by atoms with E-state index in [9.17, 15) is 0 Å². The normalized spacial score (nSPS) is 12.8. The number of hydrogen-bond donors (Lipinski definition) is 0. The summed E-state index contributed by atoms with van der Waals surface area (Å²) >= 11 is 0. The Morgan fingerprint density at radius 2 is 0.952 bits per heavy atom. The third-order valence-electron chi connectivity index (χ3n) is 13.1. The van der Waals surface area contributed by atoms with Gasteiger partial charge >= 0.3 is 0 Å². The van der Waals surface area contributed by atoms with Crippen molar-refractivity contribution in [2.45, 2.75) is 83.5 Å². The van der Waals surface area contributed by atoms with Crippen molar-refractivity contribution in [2.75, 3.05) is 0 Å². The van der Waals surface area contributed by atoms with Gasteiger partial charge in [-0.3, -0.25) is 4.57 Å². The van der Waals surface area contributed by atoms with Crippen LogP contribution in [0.15, 0.2) is 170 Å². The monoisotopic (exact) mass is 806 g/mol. The number of aryl methyl sites for hydroxylation is 2. The average Bonchev–Trinajstić information content (AvgIpc) is 3.82. The van der Waals surface area contributed by atoms with Crippen LogP contribution in [0.1, 0.15) is 98.6 Å². The first-order valence-corrected chi connectivity index (χ1v) is 22.9. The summed E-state index contributed by atoms with van der Waals surface area (Å²) in [5, 5.41) is 2.35. The summed E-state index contributed by atoms with van der Waals surface area (Å²) in [4.78, 5) is 15.6. The summed E-state index contributed by atoms with van der Waals surface area (Å²) in [5.41, 5.74) is 14.0. The van der Waals surface area contributed by atoms with Crippen LogP contribution in [0.5, 0.6) is 0 Å². The van der Waals surface area contributed by atoms with Gasteiger partial charge in [0.05, 0.1) is 16.4 Å². The minimum Gasteiger partial charge on any atom is -0.278 e. The fourth-order valence-electron chi connectivity index (χ4n) is 9.99. The van der Waals surface area contributed by atoms with Gasteiger partial charge in [0.25, 0.3) is 0 Å². The Labute approximate surface area is 366 Å². The van der Waals surface area contributed by atoms with Gasteiger partial charge in [-0.2, -0.15) is 9.97 Å². The molecule has 1 aliphatic rings. The van der Waals surface area contributed by atoms with Crippen molar-refractivity contribution < 1.29 is 0 Å². The van der Waals surface area contributed by atoms with Gasteiger partial charge in [0.2, 0.25) is 5.95 Å². The van der Waals surface area contributed by atoms with Crippen LogP contribution >= 0.6 is 0 Å². The number of unbranched alkanes of at least 4 members (excludes halogenated alkanes) is 6. The molecular formula is C58H54N4. The SMILES string of the molecule is CCCCCCc1ccc(C2(c3ccc(CCCCCC)cc3)c3ccccc3-c3cc4c5ccccc5n(-c5nc(-c6ccccc6)nc(-c6ccccc6)n5)c4cc32)cc1. The number of para-hydroxylation sites is 1. The molecule has 0 N–H and O–H groups in total. The minimum absolute atomic E-state index is 0.549. The maximum atomic E-state index is 5.29. The van der Waals surface area contributed by atoms with Crippen molar-refractivity contribution in [2.24, 2.45) is 0 Å². The van der Waals surface area contributed by atoms with E-state index in [1.54, 1.807) is 0 Å². The summed E-state index contributed by atoms with van der Waals surface area (Å²) in [6.07, 6.45) is 12.3. The predicted octanol–water partition coefficient (Wildman–Crippen LogP) is 14.9. The Hall–Kier alpha value is -6.65. The van der Waals surface area contributed by atoms with Crippen molar-refractivity contribution in [3.63, 3.8) is 0 Å². The van der Waals surface area contributed by atoms with Crippen LogP contribution in [0.25, 0.3) is 61.7 Å². The standard InChI is InChI=1S/C58H54N4/c1-3-5-7-11-21-41-31-35-45(36-32-41)58(46-37-33-42(34-38-46)22-12-8-6-4-2)51-29-19-17-27-47(51)49-39-50-48-28-18-20-30-53(48)62(54(50)40-52(49)58)57-60-55(43-23-13-9-14-24-43)59-56(61-57)44-25-15-10-16-26-44/h9-10,13-20,23-40H,3-8,11-12,21-22H2,1-2H3. The number of nitrogens with zero attached hydrogens (tertiary/aromatic N) is 4. The molecule has 4 nitrogen and oxygen atoms in total. The molecule has 4 heteroatoms. The van der Waals surface area contributed by atoms with Gasteiger partial charge in [-0.15, -0.1) is 0 Å². The lowest BCUT2D eigenvalue weighted by Gasteiger charge is -2.34. The molecule has 0 fully saturated rings. The molecule has 0 spiro atoms. The Morgan fingerprint density at radius 1 is 0.419 bits per heavy atom. The van der Waals surface area contributed by atoms with Crippen LogP contribution in [0.2, 0.25) is 0 Å². The molecule has 9 aromatic rings. The maximum Gasteiger partial charge on any atom is 0.238 e. The lowest BCUT2D eigenvalue weighted by molar-refractivity contribution is 0.666. The molecule has 1 aliphatic carbocycles. The van der Waals surface area contributed by atoms with E-state index in [0.29, 0.717) is 17.6 Å². The second-order valence-electron chi connectivity index (χ2n) is 17.1. The van der Waals surface area contributed by atoms with E-state index in [4.69, 9.17) is 15.0 Å². The van der Waals surface area contributed by atoms with Gasteiger partial charge in [-0.25, -0.2) is 4.98 Å². The fraction of sp³-hybridized carbons (Fsp3) is 0.224. The predicted molar refractivity (Wildman–Crippen MR) is 258 cm³/mol. The van der Waals surface area contributed by atoms with Crippen molar-refractivity contribution in [1.82, 2.24) is 19.5 Å². The molecule has 62 heavy (non-hydrogen) atoms. The van der Waals surface area contributed by atoms with Crippen LogP contribution in [-0.2, 0) is 18.3 Å². The highest BCUT2D eigenvalue weighted by Crippen LogP contribution is 2.57. The third-order valence-corrected chi connectivity index (χ3v) is 13.1. The average molecular weight is 807 g/mol. The lowest BCUT2D eigenvalue weighted by atomic mass is 9.67. The second kappa shape index (κ2) is 17.4.